The van der Waals surface area contributed by atoms with Crippen LogP contribution in [-0.4, -0.2) is 37.9 Å². The number of benzene rings is 1. The fraction of sp³-hybridized carbons (Fsp3) is 0.652. The molecule has 1 aliphatic rings. The maximum Gasteiger partial charge on any atom is 0.344 e. The van der Waals surface area contributed by atoms with Crippen molar-refractivity contribution in [1.29, 1.82) is 0 Å². The average Bonchev–Trinajstić information content (AvgIpc) is 2.67. The van der Waals surface area contributed by atoms with Crippen LogP contribution in [0.4, 0.5) is 0 Å². The minimum Gasteiger partial charge on any atom is -0.490 e. The van der Waals surface area contributed by atoms with Gasteiger partial charge in [0.25, 0.3) is 0 Å². The number of hydrogen-bond acceptors (Lipinski definition) is 6. The Hall–Kier alpha value is -2.24. The third kappa shape index (κ3) is 6.65. The van der Waals surface area contributed by atoms with Crippen LogP contribution in [0.3, 0.4) is 0 Å². The van der Waals surface area contributed by atoms with E-state index in [-0.39, 0.29) is 6.10 Å². The van der Waals surface area contributed by atoms with E-state index in [1.165, 1.54) is 0 Å². The molecule has 0 bridgehead atoms. The monoisotopic (exact) mass is 406 g/mol. The van der Waals surface area contributed by atoms with Crippen molar-refractivity contribution in [3.8, 4) is 11.5 Å². The Bertz CT molecular complexity index is 684. The summed E-state index contributed by atoms with van der Waals surface area (Å²) in [5.74, 6) is 1.28. The lowest BCUT2D eigenvalue weighted by Gasteiger charge is -2.36. The smallest absolute Gasteiger partial charge is 0.344 e. The normalized spacial score (nSPS) is 21.5. The van der Waals surface area contributed by atoms with Crippen LogP contribution in [0.5, 0.6) is 11.5 Å². The first kappa shape index (κ1) is 23.0. The van der Waals surface area contributed by atoms with Gasteiger partial charge in [-0.15, -0.1) is 0 Å². The molecular weight excluding hydrogens is 372 g/mol. The molecule has 162 valence electrons. The van der Waals surface area contributed by atoms with Gasteiger partial charge in [-0.05, 0) is 62.6 Å². The second-order valence-electron chi connectivity index (χ2n) is 7.96. The quantitative estimate of drug-likeness (QED) is 0.556. The molecule has 0 aliphatic heterocycles. The van der Waals surface area contributed by atoms with Crippen molar-refractivity contribution >= 4 is 11.9 Å². The Morgan fingerprint density at radius 1 is 1.07 bits per heavy atom. The zero-order chi connectivity index (χ0) is 21.4. The summed E-state index contributed by atoms with van der Waals surface area (Å²) >= 11 is 0. The third-order valence-electron chi connectivity index (χ3n) is 5.34. The molecule has 0 saturated heterocycles. The molecule has 1 aromatic rings. The molecule has 2 rings (SSSR count). The Labute approximate surface area is 173 Å². The zero-order valence-electron chi connectivity index (χ0n) is 18.2. The summed E-state index contributed by atoms with van der Waals surface area (Å²) in [5.41, 5.74) is 0.302. The highest BCUT2D eigenvalue weighted by atomic mass is 16.6. The van der Waals surface area contributed by atoms with Crippen molar-refractivity contribution < 1.29 is 28.5 Å². The Morgan fingerprint density at radius 2 is 1.76 bits per heavy atom. The summed E-state index contributed by atoms with van der Waals surface area (Å²) < 4.78 is 21.9. The van der Waals surface area contributed by atoms with Crippen LogP contribution in [0.2, 0.25) is 0 Å². The molecule has 0 heterocycles. The van der Waals surface area contributed by atoms with Crippen LogP contribution >= 0.6 is 0 Å². The van der Waals surface area contributed by atoms with E-state index in [0.29, 0.717) is 48.0 Å². The average molecular weight is 407 g/mol. The number of carbonyl (C=O) groups is 2. The number of hydrogen-bond donors (Lipinski definition) is 0. The standard InChI is InChI=1S/C23H34O6/c1-6-26-19-11-9-17(13-21(19)27-7-2)23(25)28-14-22(24)29-20-12-16(5)8-10-18(20)15(3)4/h9,11,13,15-16,18,20H,6-8,10,12,14H2,1-5H3/t16-,18-,20+/m1/s1. The maximum atomic E-state index is 12.4. The number of ether oxygens (including phenoxy) is 4. The molecule has 0 N–H and O–H groups in total. The molecule has 1 fully saturated rings. The summed E-state index contributed by atoms with van der Waals surface area (Å²) in [4.78, 5) is 24.7. The van der Waals surface area contributed by atoms with Crippen molar-refractivity contribution in [1.82, 2.24) is 0 Å². The zero-order valence-corrected chi connectivity index (χ0v) is 18.2. The SMILES string of the molecule is CCOc1ccc(C(=O)OCC(=O)O[C@H]2C[C@H](C)CC[C@@H]2C(C)C)cc1OCC. The number of carbonyl (C=O) groups excluding carboxylic acids is 2. The number of rotatable bonds is 9. The minimum atomic E-state index is -0.594. The third-order valence-corrected chi connectivity index (χ3v) is 5.34. The van der Waals surface area contributed by atoms with Crippen molar-refractivity contribution in [2.24, 2.45) is 17.8 Å². The molecule has 0 amide bonds. The van der Waals surface area contributed by atoms with Gasteiger partial charge in [0.2, 0.25) is 0 Å². The first-order chi connectivity index (χ1) is 13.8. The van der Waals surface area contributed by atoms with Crippen LogP contribution < -0.4 is 9.47 Å². The highest BCUT2D eigenvalue weighted by molar-refractivity contribution is 5.91. The minimum absolute atomic E-state index is 0.111. The maximum absolute atomic E-state index is 12.4. The topological polar surface area (TPSA) is 71.1 Å². The summed E-state index contributed by atoms with van der Waals surface area (Å²) in [7, 11) is 0. The van der Waals surface area contributed by atoms with Crippen LogP contribution in [0.1, 0.15) is 64.2 Å². The first-order valence-electron chi connectivity index (χ1n) is 10.6. The van der Waals surface area contributed by atoms with Gasteiger partial charge in [-0.25, -0.2) is 9.59 Å². The summed E-state index contributed by atoms with van der Waals surface area (Å²) in [5, 5.41) is 0. The molecular formula is C23H34O6. The molecule has 0 aromatic heterocycles. The summed E-state index contributed by atoms with van der Waals surface area (Å²) in [6.45, 7) is 10.8. The van der Waals surface area contributed by atoms with Crippen LogP contribution in [0.15, 0.2) is 18.2 Å². The van der Waals surface area contributed by atoms with Gasteiger partial charge in [0.05, 0.1) is 18.8 Å². The van der Waals surface area contributed by atoms with Crippen LogP contribution in [-0.2, 0) is 14.3 Å². The van der Waals surface area contributed by atoms with E-state index in [0.717, 1.165) is 19.3 Å². The Morgan fingerprint density at radius 3 is 2.41 bits per heavy atom. The van der Waals surface area contributed by atoms with Gasteiger partial charge >= 0.3 is 11.9 Å². The van der Waals surface area contributed by atoms with Gasteiger partial charge in [0, 0.05) is 0 Å². The van der Waals surface area contributed by atoms with E-state index in [1.807, 2.05) is 13.8 Å². The Balaban J connectivity index is 1.94. The lowest BCUT2D eigenvalue weighted by Crippen LogP contribution is -2.36. The largest absolute Gasteiger partial charge is 0.490 e. The predicted molar refractivity (Wildman–Crippen MR) is 110 cm³/mol. The van der Waals surface area contributed by atoms with E-state index in [9.17, 15) is 9.59 Å². The van der Waals surface area contributed by atoms with Crippen LogP contribution in [0, 0.1) is 17.8 Å². The highest BCUT2D eigenvalue weighted by Crippen LogP contribution is 2.35. The molecule has 0 spiro atoms. The van der Waals surface area contributed by atoms with E-state index >= 15 is 0 Å². The van der Waals surface area contributed by atoms with E-state index in [1.54, 1.807) is 18.2 Å². The molecule has 6 nitrogen and oxygen atoms in total. The molecule has 3 atom stereocenters. The van der Waals surface area contributed by atoms with Crippen molar-refractivity contribution in [3.63, 3.8) is 0 Å². The summed E-state index contributed by atoms with van der Waals surface area (Å²) in [6, 6.07) is 4.83. The molecule has 1 aromatic carbocycles. The predicted octanol–water partition coefficient (Wildman–Crippen LogP) is 4.64. The van der Waals surface area contributed by atoms with Gasteiger partial charge in [-0.3, -0.25) is 0 Å². The second kappa shape index (κ2) is 11.1. The Kier molecular flexibility index (Phi) is 8.80. The molecule has 0 unspecified atom stereocenters. The molecule has 1 aliphatic carbocycles. The highest BCUT2D eigenvalue weighted by Gasteiger charge is 2.33. The molecule has 0 radical (unpaired) electrons. The van der Waals surface area contributed by atoms with Gasteiger partial charge in [-0.2, -0.15) is 0 Å². The van der Waals surface area contributed by atoms with Gasteiger partial charge in [-0.1, -0.05) is 27.2 Å². The van der Waals surface area contributed by atoms with E-state index in [4.69, 9.17) is 18.9 Å². The van der Waals surface area contributed by atoms with Gasteiger partial charge in [0.15, 0.2) is 18.1 Å². The molecule has 6 heteroatoms. The van der Waals surface area contributed by atoms with E-state index in [2.05, 4.69) is 20.8 Å². The van der Waals surface area contributed by atoms with Crippen LogP contribution in [0.25, 0.3) is 0 Å². The fourth-order valence-electron chi connectivity index (χ4n) is 3.84. The fourth-order valence-corrected chi connectivity index (χ4v) is 3.84. The number of esters is 2. The van der Waals surface area contributed by atoms with E-state index < -0.39 is 18.5 Å². The molecule has 29 heavy (non-hydrogen) atoms. The lowest BCUT2D eigenvalue weighted by molar-refractivity contribution is -0.159. The van der Waals surface area contributed by atoms with Crippen molar-refractivity contribution in [2.45, 2.75) is 60.0 Å². The van der Waals surface area contributed by atoms with Crippen molar-refractivity contribution in [3.05, 3.63) is 23.8 Å². The molecule has 1 saturated carbocycles. The summed E-state index contributed by atoms with van der Waals surface area (Å²) in [6.07, 6.45) is 2.97. The van der Waals surface area contributed by atoms with Gasteiger partial charge < -0.3 is 18.9 Å². The van der Waals surface area contributed by atoms with Crippen molar-refractivity contribution in [2.75, 3.05) is 19.8 Å². The second-order valence-corrected chi connectivity index (χ2v) is 7.96. The first-order valence-corrected chi connectivity index (χ1v) is 10.6. The van der Waals surface area contributed by atoms with Gasteiger partial charge in [0.1, 0.15) is 6.10 Å². The lowest BCUT2D eigenvalue weighted by atomic mass is 9.75.